The summed E-state index contributed by atoms with van der Waals surface area (Å²) in [6.45, 7) is 2.88. The Hall–Kier alpha value is -0.640. The largest absolute Gasteiger partial charge is 0.358 e. The van der Waals surface area contributed by atoms with Gasteiger partial charge in [-0.25, -0.2) is 9.38 Å². The van der Waals surface area contributed by atoms with Crippen LogP contribution in [0.5, 0.6) is 0 Å². The van der Waals surface area contributed by atoms with Gasteiger partial charge in [-0.05, 0) is 22.4 Å². The fourth-order valence-electron chi connectivity index (χ4n) is 1.27. The van der Waals surface area contributed by atoms with Gasteiger partial charge in [0.15, 0.2) is 5.82 Å². The van der Waals surface area contributed by atoms with E-state index < -0.39 is 0 Å². The number of aliphatic imine (C=N–C) groups is 1. The zero-order valence-electron chi connectivity index (χ0n) is 8.43. The van der Waals surface area contributed by atoms with Crippen molar-refractivity contribution in [3.8, 4) is 0 Å². The molecule has 0 fully saturated rings. The molecule has 0 amide bonds. The third-order valence-corrected chi connectivity index (χ3v) is 2.48. The van der Waals surface area contributed by atoms with E-state index in [1.807, 2.05) is 11.9 Å². The van der Waals surface area contributed by atoms with Gasteiger partial charge in [0.2, 0.25) is 0 Å². The monoisotopic (exact) mass is 260 g/mol. The normalized spacial score (nSPS) is 16.7. The Morgan fingerprint density at radius 3 is 3.00 bits per heavy atom. The van der Waals surface area contributed by atoms with E-state index in [-0.39, 0.29) is 5.83 Å². The minimum Gasteiger partial charge on any atom is -0.358 e. The molecule has 4 heteroatoms. The maximum Gasteiger partial charge on any atom is 0.160 e. The first-order valence-electron chi connectivity index (χ1n) is 4.64. The minimum absolute atomic E-state index is 0.174. The Morgan fingerprint density at radius 1 is 1.64 bits per heavy atom. The maximum absolute atomic E-state index is 13.5. The molecule has 0 saturated heterocycles. The standard InChI is InChI=1S/C10H14BrFN2/c1-3-6-14(2)10-9(12)5-4-8(11)7-13-10/h4,7H,3,5-6H2,1-2H3. The SMILES string of the molecule is CCCN(C)C1=C(F)CC=C(Br)C=N1. The van der Waals surface area contributed by atoms with E-state index in [0.717, 1.165) is 17.4 Å². The molecule has 14 heavy (non-hydrogen) atoms. The zero-order chi connectivity index (χ0) is 10.6. The maximum atomic E-state index is 13.5. The van der Waals surface area contributed by atoms with Crippen LogP contribution in [0.3, 0.4) is 0 Å². The smallest absolute Gasteiger partial charge is 0.160 e. The summed E-state index contributed by atoms with van der Waals surface area (Å²) in [5, 5.41) is 0. The van der Waals surface area contributed by atoms with E-state index in [9.17, 15) is 4.39 Å². The molecule has 0 saturated carbocycles. The number of rotatable bonds is 3. The van der Waals surface area contributed by atoms with E-state index in [2.05, 4.69) is 27.8 Å². The van der Waals surface area contributed by atoms with E-state index in [1.54, 1.807) is 12.3 Å². The van der Waals surface area contributed by atoms with Crippen LogP contribution < -0.4 is 0 Å². The summed E-state index contributed by atoms with van der Waals surface area (Å²) in [5.41, 5.74) is 0. The van der Waals surface area contributed by atoms with Gasteiger partial charge < -0.3 is 4.90 Å². The second kappa shape index (κ2) is 5.29. The van der Waals surface area contributed by atoms with Gasteiger partial charge in [0.25, 0.3) is 0 Å². The molecule has 0 aliphatic carbocycles. The van der Waals surface area contributed by atoms with Crippen molar-refractivity contribution in [2.24, 2.45) is 4.99 Å². The topological polar surface area (TPSA) is 15.6 Å². The quantitative estimate of drug-likeness (QED) is 0.761. The van der Waals surface area contributed by atoms with Gasteiger partial charge in [-0.15, -0.1) is 0 Å². The Bertz CT molecular complexity index is 294. The summed E-state index contributed by atoms with van der Waals surface area (Å²) in [4.78, 5) is 5.93. The van der Waals surface area contributed by atoms with E-state index in [1.165, 1.54) is 0 Å². The molecule has 0 atom stereocenters. The molecule has 1 heterocycles. The summed E-state index contributed by atoms with van der Waals surface area (Å²) < 4.78 is 14.3. The summed E-state index contributed by atoms with van der Waals surface area (Å²) >= 11 is 3.28. The molecule has 0 radical (unpaired) electrons. The molecule has 0 aromatic heterocycles. The van der Waals surface area contributed by atoms with Crippen molar-refractivity contribution in [2.75, 3.05) is 13.6 Å². The molecule has 0 aromatic rings. The molecule has 0 unspecified atom stereocenters. The fourth-order valence-corrected chi connectivity index (χ4v) is 1.54. The van der Waals surface area contributed by atoms with Gasteiger partial charge in [0, 0.05) is 30.7 Å². The molecule has 1 aliphatic rings. The highest BCUT2D eigenvalue weighted by Gasteiger charge is 2.11. The van der Waals surface area contributed by atoms with Crippen molar-refractivity contribution in [3.05, 3.63) is 22.2 Å². The minimum atomic E-state index is -0.174. The second-order valence-electron chi connectivity index (χ2n) is 3.20. The molecule has 2 nitrogen and oxygen atoms in total. The summed E-state index contributed by atoms with van der Waals surface area (Å²) in [5.74, 6) is 0.268. The van der Waals surface area contributed by atoms with Gasteiger partial charge in [0.05, 0.1) is 0 Å². The number of nitrogens with zero attached hydrogens (tertiary/aromatic N) is 2. The van der Waals surface area contributed by atoms with Crippen molar-refractivity contribution in [3.63, 3.8) is 0 Å². The Balaban J connectivity index is 2.81. The van der Waals surface area contributed by atoms with Crippen LogP contribution in [-0.2, 0) is 0 Å². The number of halogens is 2. The van der Waals surface area contributed by atoms with Gasteiger partial charge in [-0.2, -0.15) is 0 Å². The van der Waals surface area contributed by atoms with E-state index in [4.69, 9.17) is 0 Å². The van der Waals surface area contributed by atoms with E-state index in [0.29, 0.717) is 12.2 Å². The average molecular weight is 261 g/mol. The molecule has 0 spiro atoms. The predicted octanol–water partition coefficient (Wildman–Crippen LogP) is 3.22. The first-order chi connectivity index (χ1) is 6.65. The van der Waals surface area contributed by atoms with Crippen LogP contribution in [0.25, 0.3) is 0 Å². The molecular formula is C10H14BrFN2. The van der Waals surface area contributed by atoms with Gasteiger partial charge in [-0.3, -0.25) is 0 Å². The fraction of sp³-hybridized carbons (Fsp3) is 0.500. The van der Waals surface area contributed by atoms with Gasteiger partial charge in [0.1, 0.15) is 5.83 Å². The van der Waals surface area contributed by atoms with Crippen molar-refractivity contribution < 1.29 is 4.39 Å². The molecule has 1 aliphatic heterocycles. The Kier molecular flexibility index (Phi) is 4.32. The molecule has 78 valence electrons. The van der Waals surface area contributed by atoms with Crippen LogP contribution >= 0.6 is 15.9 Å². The lowest BCUT2D eigenvalue weighted by molar-refractivity contribution is 0.389. The highest BCUT2D eigenvalue weighted by atomic mass is 79.9. The summed E-state index contributed by atoms with van der Waals surface area (Å²) in [7, 11) is 1.86. The van der Waals surface area contributed by atoms with Gasteiger partial charge >= 0.3 is 0 Å². The predicted molar refractivity (Wildman–Crippen MR) is 61.2 cm³/mol. The third-order valence-electron chi connectivity index (χ3n) is 1.95. The molecule has 0 bridgehead atoms. The van der Waals surface area contributed by atoms with Crippen LogP contribution in [0.1, 0.15) is 19.8 Å². The van der Waals surface area contributed by atoms with Crippen molar-refractivity contribution >= 4 is 22.1 Å². The molecule has 0 aromatic carbocycles. The first kappa shape index (κ1) is 11.4. The third kappa shape index (κ3) is 2.94. The lowest BCUT2D eigenvalue weighted by atomic mass is 10.3. The van der Waals surface area contributed by atoms with Crippen LogP contribution in [0.4, 0.5) is 4.39 Å². The lowest BCUT2D eigenvalue weighted by Crippen LogP contribution is -2.18. The zero-order valence-corrected chi connectivity index (χ0v) is 10.0. The molecule has 0 N–H and O–H groups in total. The molecular weight excluding hydrogens is 247 g/mol. The van der Waals surface area contributed by atoms with Crippen LogP contribution in [0, 0.1) is 0 Å². The van der Waals surface area contributed by atoms with Crippen LogP contribution in [0.15, 0.2) is 27.2 Å². The van der Waals surface area contributed by atoms with Crippen LogP contribution in [0.2, 0.25) is 0 Å². The number of allylic oxidation sites excluding steroid dienone is 3. The van der Waals surface area contributed by atoms with Crippen molar-refractivity contribution in [2.45, 2.75) is 19.8 Å². The number of hydrogen-bond acceptors (Lipinski definition) is 2. The van der Waals surface area contributed by atoms with Gasteiger partial charge in [-0.1, -0.05) is 13.0 Å². The average Bonchev–Trinajstić information content (AvgIpc) is 2.30. The Labute approximate surface area is 92.3 Å². The van der Waals surface area contributed by atoms with Crippen LogP contribution in [-0.4, -0.2) is 24.7 Å². The molecule has 1 rings (SSSR count). The Morgan fingerprint density at radius 2 is 2.36 bits per heavy atom. The van der Waals surface area contributed by atoms with Crippen molar-refractivity contribution in [1.29, 1.82) is 0 Å². The summed E-state index contributed by atoms with van der Waals surface area (Å²) in [6, 6.07) is 0. The van der Waals surface area contributed by atoms with Crippen molar-refractivity contribution in [1.82, 2.24) is 4.90 Å². The summed E-state index contributed by atoms with van der Waals surface area (Å²) in [6.07, 6.45) is 4.70. The number of hydrogen-bond donors (Lipinski definition) is 0. The second-order valence-corrected chi connectivity index (χ2v) is 4.12. The lowest BCUT2D eigenvalue weighted by Gasteiger charge is -2.18. The highest BCUT2D eigenvalue weighted by molar-refractivity contribution is 9.12. The van der Waals surface area contributed by atoms with E-state index >= 15 is 0 Å². The first-order valence-corrected chi connectivity index (χ1v) is 5.44. The highest BCUT2D eigenvalue weighted by Crippen LogP contribution is 2.21.